The Morgan fingerprint density at radius 2 is 2.21 bits per heavy atom. The van der Waals surface area contributed by atoms with Gasteiger partial charge in [-0.3, -0.25) is 0 Å². The van der Waals surface area contributed by atoms with Gasteiger partial charge in [-0.2, -0.15) is 0 Å². The second kappa shape index (κ2) is 4.05. The summed E-state index contributed by atoms with van der Waals surface area (Å²) in [5.41, 5.74) is 3.24. The van der Waals surface area contributed by atoms with Crippen molar-refractivity contribution in [3.8, 4) is 0 Å². The van der Waals surface area contributed by atoms with Crippen molar-refractivity contribution >= 4 is 11.1 Å². The highest BCUT2D eigenvalue weighted by atomic mass is 16.5. The molecule has 2 aromatic rings. The van der Waals surface area contributed by atoms with Crippen molar-refractivity contribution in [3.63, 3.8) is 0 Å². The molecule has 1 aliphatic carbocycles. The predicted molar refractivity (Wildman–Crippen MR) is 72.3 cm³/mol. The molecule has 4 nitrogen and oxygen atoms in total. The molecule has 100 valence electrons. The zero-order valence-corrected chi connectivity index (χ0v) is 11.1. The van der Waals surface area contributed by atoms with Gasteiger partial charge in [0.2, 0.25) is 0 Å². The smallest absolute Gasteiger partial charge is 0.192 e. The summed E-state index contributed by atoms with van der Waals surface area (Å²) in [6.07, 6.45) is 2.63. The monoisotopic (exact) mass is 258 g/mol. The van der Waals surface area contributed by atoms with Gasteiger partial charge in [0.15, 0.2) is 11.5 Å². The molecule has 1 saturated carbocycles. The average Bonchev–Trinajstić information content (AvgIpc) is 3.08. The summed E-state index contributed by atoms with van der Waals surface area (Å²) in [4.78, 5) is 4.35. The number of aryl methyl sites for hydroxylation is 1. The van der Waals surface area contributed by atoms with E-state index in [1.54, 1.807) is 0 Å². The molecule has 1 saturated heterocycles. The van der Waals surface area contributed by atoms with E-state index in [2.05, 4.69) is 28.5 Å². The van der Waals surface area contributed by atoms with E-state index < -0.39 is 0 Å². The lowest BCUT2D eigenvalue weighted by atomic mass is 9.78. The number of nitrogens with zero attached hydrogens (tertiary/aromatic N) is 1. The van der Waals surface area contributed by atoms with E-state index in [1.807, 2.05) is 6.92 Å². The Morgan fingerprint density at radius 3 is 2.89 bits per heavy atom. The molecule has 19 heavy (non-hydrogen) atoms. The number of hydrogen-bond acceptors (Lipinski definition) is 4. The van der Waals surface area contributed by atoms with Gasteiger partial charge in [0, 0.05) is 19.5 Å². The molecule has 0 amide bonds. The molecule has 2 heterocycles. The fourth-order valence-electron chi connectivity index (χ4n) is 2.72. The molecular formula is C15H18N2O2. The standard InChI is InChI=1S/C15H18N2O2/c1-10-17-13-5-2-11(6-14(13)19-10)15(8-18-9-15)7-16-12-3-4-12/h2,5-6,12,16H,3-4,7-9H2,1H3. The summed E-state index contributed by atoms with van der Waals surface area (Å²) in [5, 5.41) is 3.62. The van der Waals surface area contributed by atoms with Crippen LogP contribution in [0.3, 0.4) is 0 Å². The van der Waals surface area contributed by atoms with E-state index in [0.29, 0.717) is 0 Å². The van der Waals surface area contributed by atoms with Gasteiger partial charge in [-0.15, -0.1) is 0 Å². The minimum atomic E-state index is 0.122. The van der Waals surface area contributed by atoms with E-state index >= 15 is 0 Å². The zero-order chi connectivity index (χ0) is 12.9. The minimum Gasteiger partial charge on any atom is -0.441 e. The maximum absolute atomic E-state index is 5.64. The lowest BCUT2D eigenvalue weighted by molar-refractivity contribution is -0.0591. The van der Waals surface area contributed by atoms with E-state index in [1.165, 1.54) is 18.4 Å². The highest BCUT2D eigenvalue weighted by molar-refractivity contribution is 5.73. The van der Waals surface area contributed by atoms with Gasteiger partial charge in [-0.1, -0.05) is 6.07 Å². The van der Waals surface area contributed by atoms with Crippen molar-refractivity contribution in [2.24, 2.45) is 0 Å². The first-order valence-corrected chi connectivity index (χ1v) is 6.94. The van der Waals surface area contributed by atoms with Crippen molar-refractivity contribution in [2.75, 3.05) is 19.8 Å². The highest BCUT2D eigenvalue weighted by Gasteiger charge is 2.41. The molecule has 2 aliphatic rings. The molecule has 1 aromatic heterocycles. The molecule has 0 radical (unpaired) electrons. The number of benzene rings is 1. The number of nitrogens with one attached hydrogen (secondary N) is 1. The number of hydrogen-bond donors (Lipinski definition) is 1. The summed E-state index contributed by atoms with van der Waals surface area (Å²) in [5.74, 6) is 0.724. The Kier molecular flexibility index (Phi) is 2.44. The van der Waals surface area contributed by atoms with Gasteiger partial charge in [0.25, 0.3) is 0 Å². The van der Waals surface area contributed by atoms with Crippen LogP contribution in [0.5, 0.6) is 0 Å². The van der Waals surface area contributed by atoms with Crippen molar-refractivity contribution in [1.29, 1.82) is 0 Å². The highest BCUT2D eigenvalue weighted by Crippen LogP contribution is 2.34. The third-order valence-electron chi connectivity index (χ3n) is 4.17. The SMILES string of the molecule is Cc1nc2ccc(C3(CNC4CC4)COC3)cc2o1. The molecule has 1 aliphatic heterocycles. The summed E-state index contributed by atoms with van der Waals surface area (Å²) in [7, 11) is 0. The summed E-state index contributed by atoms with van der Waals surface area (Å²) in [6, 6.07) is 7.08. The molecule has 4 rings (SSSR count). The Hall–Kier alpha value is -1.39. The van der Waals surface area contributed by atoms with Crippen LogP contribution in [0.25, 0.3) is 11.1 Å². The Morgan fingerprint density at radius 1 is 1.37 bits per heavy atom. The van der Waals surface area contributed by atoms with Crippen LogP contribution in [0.15, 0.2) is 22.6 Å². The van der Waals surface area contributed by atoms with Crippen LogP contribution in [0.2, 0.25) is 0 Å². The quantitative estimate of drug-likeness (QED) is 0.913. The largest absolute Gasteiger partial charge is 0.441 e. The Bertz CT molecular complexity index is 612. The number of aromatic nitrogens is 1. The van der Waals surface area contributed by atoms with Crippen molar-refractivity contribution < 1.29 is 9.15 Å². The molecular weight excluding hydrogens is 240 g/mol. The third-order valence-corrected chi connectivity index (χ3v) is 4.17. The van der Waals surface area contributed by atoms with Gasteiger partial charge < -0.3 is 14.5 Å². The van der Waals surface area contributed by atoms with E-state index in [4.69, 9.17) is 9.15 Å². The molecule has 2 fully saturated rings. The number of ether oxygens (including phenoxy) is 1. The molecule has 1 N–H and O–H groups in total. The van der Waals surface area contributed by atoms with Crippen LogP contribution < -0.4 is 5.32 Å². The molecule has 4 heteroatoms. The minimum absolute atomic E-state index is 0.122. The third kappa shape index (κ3) is 1.95. The van der Waals surface area contributed by atoms with E-state index in [9.17, 15) is 0 Å². The van der Waals surface area contributed by atoms with Crippen LogP contribution in [-0.2, 0) is 10.2 Å². The maximum Gasteiger partial charge on any atom is 0.192 e. The van der Waals surface area contributed by atoms with E-state index in [0.717, 1.165) is 42.8 Å². The van der Waals surface area contributed by atoms with Crippen molar-refractivity contribution in [1.82, 2.24) is 10.3 Å². The lowest BCUT2D eigenvalue weighted by Crippen LogP contribution is -2.53. The molecule has 0 atom stereocenters. The van der Waals surface area contributed by atoms with Gasteiger partial charge in [0.1, 0.15) is 5.52 Å². The summed E-state index contributed by atoms with van der Waals surface area (Å²) >= 11 is 0. The predicted octanol–water partition coefficient (Wildman–Crippen LogP) is 2.16. The van der Waals surface area contributed by atoms with E-state index in [-0.39, 0.29) is 5.41 Å². The summed E-state index contributed by atoms with van der Waals surface area (Å²) in [6.45, 7) is 4.48. The van der Waals surface area contributed by atoms with Crippen molar-refractivity contribution in [2.45, 2.75) is 31.2 Å². The van der Waals surface area contributed by atoms with Gasteiger partial charge >= 0.3 is 0 Å². The Balaban J connectivity index is 1.65. The first kappa shape index (κ1) is 11.4. The maximum atomic E-state index is 5.64. The second-order valence-corrected chi connectivity index (χ2v) is 5.84. The fraction of sp³-hybridized carbons (Fsp3) is 0.533. The topological polar surface area (TPSA) is 47.3 Å². The van der Waals surface area contributed by atoms with Crippen LogP contribution in [0.4, 0.5) is 0 Å². The van der Waals surface area contributed by atoms with Crippen LogP contribution >= 0.6 is 0 Å². The first-order valence-electron chi connectivity index (χ1n) is 6.94. The number of rotatable bonds is 4. The Labute approximate surface area is 112 Å². The average molecular weight is 258 g/mol. The lowest BCUT2D eigenvalue weighted by Gasteiger charge is -2.42. The first-order chi connectivity index (χ1) is 9.25. The molecule has 0 spiro atoms. The fourth-order valence-corrected chi connectivity index (χ4v) is 2.72. The zero-order valence-electron chi connectivity index (χ0n) is 11.1. The molecule has 1 aromatic carbocycles. The normalized spacial score (nSPS) is 21.5. The summed E-state index contributed by atoms with van der Waals surface area (Å²) < 4.78 is 11.1. The number of fused-ring (bicyclic) bond motifs is 1. The van der Waals surface area contributed by atoms with Gasteiger partial charge in [0.05, 0.1) is 18.6 Å². The number of oxazole rings is 1. The molecule has 0 unspecified atom stereocenters. The van der Waals surface area contributed by atoms with Crippen LogP contribution in [0.1, 0.15) is 24.3 Å². The second-order valence-electron chi connectivity index (χ2n) is 5.84. The van der Waals surface area contributed by atoms with Crippen LogP contribution in [0, 0.1) is 6.92 Å². The molecule has 0 bridgehead atoms. The van der Waals surface area contributed by atoms with Crippen LogP contribution in [-0.4, -0.2) is 30.8 Å². The van der Waals surface area contributed by atoms with Crippen molar-refractivity contribution in [3.05, 3.63) is 29.7 Å². The van der Waals surface area contributed by atoms with Gasteiger partial charge in [-0.25, -0.2) is 4.98 Å². The van der Waals surface area contributed by atoms with Gasteiger partial charge in [-0.05, 0) is 30.5 Å².